The lowest BCUT2D eigenvalue weighted by Gasteiger charge is -2.26. The SMILES string of the molecule is O=c1ccc(-c2cccnc2)nn1CC1CCCN1c1ncnc2ccccc12. The first kappa shape index (κ1) is 17.5. The van der Waals surface area contributed by atoms with E-state index in [4.69, 9.17) is 0 Å². The Labute approximate surface area is 167 Å². The first-order chi connectivity index (χ1) is 14.3. The average Bonchev–Trinajstić information content (AvgIpc) is 3.23. The van der Waals surface area contributed by atoms with Gasteiger partial charge >= 0.3 is 0 Å². The van der Waals surface area contributed by atoms with Gasteiger partial charge in [-0.3, -0.25) is 9.78 Å². The molecule has 1 aliphatic heterocycles. The lowest BCUT2D eigenvalue weighted by Crippen LogP contribution is -2.37. The van der Waals surface area contributed by atoms with Crippen molar-refractivity contribution in [3.8, 4) is 11.3 Å². The molecule has 1 saturated heterocycles. The molecule has 0 aliphatic carbocycles. The minimum atomic E-state index is -0.1000. The Morgan fingerprint density at radius 1 is 1.03 bits per heavy atom. The molecule has 29 heavy (non-hydrogen) atoms. The van der Waals surface area contributed by atoms with Crippen molar-refractivity contribution in [3.63, 3.8) is 0 Å². The van der Waals surface area contributed by atoms with Gasteiger partial charge in [-0.25, -0.2) is 14.6 Å². The highest BCUT2D eigenvalue weighted by molar-refractivity contribution is 5.89. The van der Waals surface area contributed by atoms with Crippen LogP contribution in [0.5, 0.6) is 0 Å². The fourth-order valence-corrected chi connectivity index (χ4v) is 3.97. The second kappa shape index (κ2) is 7.43. The van der Waals surface area contributed by atoms with Gasteiger partial charge in [0.25, 0.3) is 5.56 Å². The van der Waals surface area contributed by atoms with Crippen molar-refractivity contribution in [2.45, 2.75) is 25.4 Å². The summed E-state index contributed by atoms with van der Waals surface area (Å²) in [5, 5.41) is 5.63. The molecule has 1 fully saturated rings. The number of benzene rings is 1. The van der Waals surface area contributed by atoms with E-state index in [1.807, 2.05) is 36.4 Å². The molecule has 0 bridgehead atoms. The summed E-state index contributed by atoms with van der Waals surface area (Å²) in [4.78, 5) is 27.9. The van der Waals surface area contributed by atoms with Crippen LogP contribution in [0, 0.1) is 0 Å². The lowest BCUT2D eigenvalue weighted by atomic mass is 10.2. The summed E-state index contributed by atoms with van der Waals surface area (Å²) in [5.74, 6) is 0.926. The predicted octanol–water partition coefficient (Wildman–Crippen LogP) is 2.92. The van der Waals surface area contributed by atoms with E-state index in [1.54, 1.807) is 35.5 Å². The van der Waals surface area contributed by atoms with E-state index < -0.39 is 0 Å². The third kappa shape index (κ3) is 3.35. The van der Waals surface area contributed by atoms with Crippen molar-refractivity contribution in [1.82, 2.24) is 24.7 Å². The molecule has 1 unspecified atom stereocenters. The largest absolute Gasteiger partial charge is 0.351 e. The third-order valence-electron chi connectivity index (χ3n) is 5.38. The van der Waals surface area contributed by atoms with Gasteiger partial charge in [-0.05, 0) is 43.2 Å². The fraction of sp³-hybridized carbons (Fsp3) is 0.227. The Balaban J connectivity index is 1.48. The number of aromatic nitrogens is 5. The lowest BCUT2D eigenvalue weighted by molar-refractivity contribution is 0.489. The Morgan fingerprint density at radius 2 is 1.97 bits per heavy atom. The fourth-order valence-electron chi connectivity index (χ4n) is 3.97. The van der Waals surface area contributed by atoms with Gasteiger partial charge in [-0.1, -0.05) is 12.1 Å². The van der Waals surface area contributed by atoms with Crippen molar-refractivity contribution in [1.29, 1.82) is 0 Å². The van der Waals surface area contributed by atoms with E-state index in [1.165, 1.54) is 0 Å². The van der Waals surface area contributed by atoms with Gasteiger partial charge in [-0.15, -0.1) is 0 Å². The highest BCUT2D eigenvalue weighted by Gasteiger charge is 2.28. The quantitative estimate of drug-likeness (QED) is 0.538. The van der Waals surface area contributed by atoms with Crippen molar-refractivity contribution in [3.05, 3.63) is 77.6 Å². The molecule has 1 aromatic carbocycles. The topological polar surface area (TPSA) is 76.8 Å². The second-order valence-corrected chi connectivity index (χ2v) is 7.18. The predicted molar refractivity (Wildman–Crippen MR) is 112 cm³/mol. The van der Waals surface area contributed by atoms with Gasteiger partial charge < -0.3 is 4.90 Å². The van der Waals surface area contributed by atoms with Gasteiger partial charge in [0, 0.05) is 36.0 Å². The summed E-state index contributed by atoms with van der Waals surface area (Å²) in [7, 11) is 0. The molecule has 144 valence electrons. The number of hydrogen-bond donors (Lipinski definition) is 0. The van der Waals surface area contributed by atoms with E-state index in [0.29, 0.717) is 6.54 Å². The Kier molecular flexibility index (Phi) is 4.48. The van der Waals surface area contributed by atoms with Gasteiger partial charge in [0.05, 0.1) is 23.8 Å². The van der Waals surface area contributed by atoms with Crippen molar-refractivity contribution < 1.29 is 0 Å². The standard InChI is InChI=1S/C22H20N6O/c29-21-10-9-19(16-5-3-11-23-13-16)26-28(21)14-17-6-4-12-27(17)22-18-7-1-2-8-20(18)24-15-25-22/h1-3,5,7-11,13,15,17H,4,6,12,14H2. The number of para-hydroxylation sites is 1. The third-order valence-corrected chi connectivity index (χ3v) is 5.38. The normalized spacial score (nSPS) is 16.4. The summed E-state index contributed by atoms with van der Waals surface area (Å²) in [6.45, 7) is 1.42. The molecule has 5 rings (SSSR count). The molecular formula is C22H20N6O. The van der Waals surface area contributed by atoms with E-state index >= 15 is 0 Å². The molecule has 3 aromatic heterocycles. The summed E-state index contributed by atoms with van der Waals surface area (Å²) in [5.41, 5.74) is 2.47. The second-order valence-electron chi connectivity index (χ2n) is 7.18. The van der Waals surface area contributed by atoms with E-state index in [9.17, 15) is 4.79 Å². The molecule has 4 heterocycles. The monoisotopic (exact) mass is 384 g/mol. The van der Waals surface area contributed by atoms with Gasteiger partial charge in [-0.2, -0.15) is 5.10 Å². The van der Waals surface area contributed by atoms with Crippen LogP contribution in [-0.2, 0) is 6.54 Å². The summed E-state index contributed by atoms with van der Waals surface area (Å²) >= 11 is 0. The van der Waals surface area contributed by atoms with E-state index in [0.717, 1.165) is 47.4 Å². The zero-order valence-corrected chi connectivity index (χ0v) is 15.8. The maximum Gasteiger partial charge on any atom is 0.266 e. The molecule has 7 nitrogen and oxygen atoms in total. The van der Waals surface area contributed by atoms with Crippen LogP contribution in [0.15, 0.2) is 72.0 Å². The van der Waals surface area contributed by atoms with Gasteiger partial charge in [0.1, 0.15) is 12.1 Å². The number of nitrogens with zero attached hydrogens (tertiary/aromatic N) is 6. The maximum absolute atomic E-state index is 12.5. The van der Waals surface area contributed by atoms with Gasteiger partial charge in [0.2, 0.25) is 0 Å². The number of pyridine rings is 1. The summed E-state index contributed by atoms with van der Waals surface area (Å²) in [6.07, 6.45) is 7.14. The molecule has 0 radical (unpaired) electrons. The van der Waals surface area contributed by atoms with Crippen LogP contribution in [-0.4, -0.2) is 37.3 Å². The van der Waals surface area contributed by atoms with Crippen LogP contribution in [0.2, 0.25) is 0 Å². The first-order valence-electron chi connectivity index (χ1n) is 9.74. The Hall–Kier alpha value is -3.61. The zero-order valence-electron chi connectivity index (χ0n) is 15.8. The molecule has 1 aliphatic rings. The van der Waals surface area contributed by atoms with Crippen LogP contribution in [0.3, 0.4) is 0 Å². The highest BCUT2D eigenvalue weighted by Crippen LogP contribution is 2.29. The molecule has 0 saturated carbocycles. The molecule has 0 spiro atoms. The molecule has 0 amide bonds. The molecule has 0 N–H and O–H groups in total. The highest BCUT2D eigenvalue weighted by atomic mass is 16.1. The number of hydrogen-bond acceptors (Lipinski definition) is 6. The summed E-state index contributed by atoms with van der Waals surface area (Å²) in [6, 6.07) is 15.3. The molecular weight excluding hydrogens is 364 g/mol. The van der Waals surface area contributed by atoms with Crippen LogP contribution < -0.4 is 10.5 Å². The Morgan fingerprint density at radius 3 is 2.86 bits per heavy atom. The van der Waals surface area contributed by atoms with E-state index in [-0.39, 0.29) is 11.6 Å². The zero-order chi connectivity index (χ0) is 19.6. The minimum Gasteiger partial charge on any atom is -0.351 e. The first-order valence-corrected chi connectivity index (χ1v) is 9.74. The maximum atomic E-state index is 12.5. The van der Waals surface area contributed by atoms with E-state index in [2.05, 4.69) is 25.0 Å². The Bertz CT molecular complexity index is 1200. The van der Waals surface area contributed by atoms with Gasteiger partial charge in [0.15, 0.2) is 0 Å². The van der Waals surface area contributed by atoms with Crippen LogP contribution >= 0.6 is 0 Å². The minimum absolute atomic E-state index is 0.1000. The van der Waals surface area contributed by atoms with Crippen LogP contribution in [0.1, 0.15) is 12.8 Å². The van der Waals surface area contributed by atoms with Crippen LogP contribution in [0.25, 0.3) is 22.2 Å². The number of rotatable bonds is 4. The van der Waals surface area contributed by atoms with Crippen molar-refractivity contribution in [2.24, 2.45) is 0 Å². The average molecular weight is 384 g/mol. The van der Waals surface area contributed by atoms with Crippen molar-refractivity contribution in [2.75, 3.05) is 11.4 Å². The smallest absolute Gasteiger partial charge is 0.266 e. The molecule has 7 heteroatoms. The molecule has 1 atom stereocenters. The molecule has 4 aromatic rings. The number of fused-ring (bicyclic) bond motifs is 1. The van der Waals surface area contributed by atoms with Crippen molar-refractivity contribution >= 4 is 16.7 Å². The summed E-state index contributed by atoms with van der Waals surface area (Å²) < 4.78 is 1.56. The number of anilines is 1. The van der Waals surface area contributed by atoms with Crippen LogP contribution in [0.4, 0.5) is 5.82 Å².